The average molecular weight is 130 g/mol. The van der Waals surface area contributed by atoms with E-state index in [2.05, 4.69) is 17.6 Å². The number of nitrogens with one attached hydrogen (secondary N) is 2. The maximum Gasteiger partial charge on any atom is 0.174 e. The number of hydrogen-bond donors (Lipinski definition) is 2. The van der Waals surface area contributed by atoms with Crippen molar-refractivity contribution < 1.29 is 4.74 Å². The van der Waals surface area contributed by atoms with E-state index in [1.807, 2.05) is 7.05 Å². The molecule has 0 saturated carbocycles. The summed E-state index contributed by atoms with van der Waals surface area (Å²) >= 11 is 0. The van der Waals surface area contributed by atoms with E-state index in [1.54, 1.807) is 0 Å². The van der Waals surface area contributed by atoms with Gasteiger partial charge in [-0.25, -0.2) is 0 Å². The van der Waals surface area contributed by atoms with Gasteiger partial charge < -0.3 is 4.74 Å². The van der Waals surface area contributed by atoms with Crippen LogP contribution in [0.2, 0.25) is 0 Å². The highest BCUT2D eigenvalue weighted by Crippen LogP contribution is 2.11. The molecule has 3 heteroatoms. The molecule has 54 valence electrons. The number of rotatable bonds is 2. The fraction of sp³-hybridized carbons (Fsp3) is 1.00. The van der Waals surface area contributed by atoms with E-state index in [0.717, 1.165) is 19.6 Å². The predicted octanol–water partition coefficient (Wildman–Crippen LogP) is -0.111. The van der Waals surface area contributed by atoms with Crippen molar-refractivity contribution in [1.82, 2.24) is 10.6 Å². The van der Waals surface area contributed by atoms with Crippen LogP contribution in [0.5, 0.6) is 0 Å². The molecule has 3 nitrogen and oxygen atoms in total. The summed E-state index contributed by atoms with van der Waals surface area (Å²) in [6.07, 6.45) is 0.962. The molecule has 0 aromatic rings. The predicted molar refractivity (Wildman–Crippen MR) is 36.0 cm³/mol. The molecule has 1 aliphatic heterocycles. The third-order valence-electron chi connectivity index (χ3n) is 1.76. The molecule has 1 heterocycles. The lowest BCUT2D eigenvalue weighted by atomic mass is 10.3. The molecule has 0 aliphatic carbocycles. The minimum atomic E-state index is -0.222. The van der Waals surface area contributed by atoms with Gasteiger partial charge in [0.2, 0.25) is 0 Å². The summed E-state index contributed by atoms with van der Waals surface area (Å²) in [7, 11) is 1.90. The van der Waals surface area contributed by atoms with E-state index >= 15 is 0 Å². The van der Waals surface area contributed by atoms with Crippen LogP contribution in [0.25, 0.3) is 0 Å². The van der Waals surface area contributed by atoms with Gasteiger partial charge in [-0.15, -0.1) is 0 Å². The lowest BCUT2D eigenvalue weighted by Crippen LogP contribution is -2.51. The zero-order valence-electron chi connectivity index (χ0n) is 6.03. The molecule has 1 saturated heterocycles. The van der Waals surface area contributed by atoms with Gasteiger partial charge in [0, 0.05) is 13.0 Å². The fourth-order valence-corrected chi connectivity index (χ4v) is 1.09. The largest absolute Gasteiger partial charge is 0.346 e. The Morgan fingerprint density at radius 2 is 2.56 bits per heavy atom. The zero-order chi connectivity index (χ0) is 6.74. The van der Waals surface area contributed by atoms with Crippen molar-refractivity contribution in [2.24, 2.45) is 0 Å². The van der Waals surface area contributed by atoms with Crippen molar-refractivity contribution in [2.75, 3.05) is 20.2 Å². The van der Waals surface area contributed by atoms with E-state index in [1.165, 1.54) is 0 Å². The molecule has 1 atom stereocenters. The second kappa shape index (κ2) is 2.64. The average Bonchev–Trinajstić information content (AvgIpc) is 2.36. The highest BCUT2D eigenvalue weighted by molar-refractivity contribution is 4.76. The van der Waals surface area contributed by atoms with E-state index < -0.39 is 0 Å². The van der Waals surface area contributed by atoms with Gasteiger partial charge in [-0.3, -0.25) is 10.6 Å². The van der Waals surface area contributed by atoms with Crippen LogP contribution in [0.1, 0.15) is 13.3 Å². The highest BCUT2D eigenvalue weighted by atomic mass is 16.5. The lowest BCUT2D eigenvalue weighted by Gasteiger charge is -2.25. The summed E-state index contributed by atoms with van der Waals surface area (Å²) in [5.74, 6) is -0.222. The second-order valence-corrected chi connectivity index (χ2v) is 2.21. The molecular weight excluding hydrogens is 116 g/mol. The monoisotopic (exact) mass is 130 g/mol. The minimum Gasteiger partial charge on any atom is -0.346 e. The van der Waals surface area contributed by atoms with Crippen molar-refractivity contribution in [2.45, 2.75) is 19.2 Å². The standard InChI is InChI=1S/C6H14N2O/c1-3-6(7-2)8-4-5-9-6/h7-8H,3-5H2,1-2H3. The molecule has 1 fully saturated rings. The summed E-state index contributed by atoms with van der Waals surface area (Å²) in [4.78, 5) is 0. The van der Waals surface area contributed by atoms with Crippen molar-refractivity contribution in [1.29, 1.82) is 0 Å². The topological polar surface area (TPSA) is 33.3 Å². The Balaban J connectivity index is 2.45. The summed E-state index contributed by atoms with van der Waals surface area (Å²) in [5, 5.41) is 6.33. The van der Waals surface area contributed by atoms with Crippen LogP contribution in [-0.2, 0) is 4.74 Å². The van der Waals surface area contributed by atoms with Gasteiger partial charge in [-0.1, -0.05) is 6.92 Å². The third-order valence-corrected chi connectivity index (χ3v) is 1.76. The Morgan fingerprint density at radius 3 is 2.78 bits per heavy atom. The molecule has 1 rings (SSSR count). The molecule has 0 spiro atoms. The lowest BCUT2D eigenvalue weighted by molar-refractivity contribution is -0.0359. The minimum absolute atomic E-state index is 0.222. The maximum absolute atomic E-state index is 5.42. The van der Waals surface area contributed by atoms with Crippen LogP contribution in [0.15, 0.2) is 0 Å². The Bertz CT molecular complexity index is 83.1. The van der Waals surface area contributed by atoms with E-state index in [-0.39, 0.29) is 5.85 Å². The van der Waals surface area contributed by atoms with Crippen LogP contribution in [0.3, 0.4) is 0 Å². The van der Waals surface area contributed by atoms with Crippen molar-refractivity contribution >= 4 is 0 Å². The van der Waals surface area contributed by atoms with Crippen molar-refractivity contribution in [3.63, 3.8) is 0 Å². The summed E-state index contributed by atoms with van der Waals surface area (Å²) in [6, 6.07) is 0. The first-order valence-electron chi connectivity index (χ1n) is 3.41. The number of hydrogen-bond acceptors (Lipinski definition) is 3. The molecule has 0 amide bonds. The second-order valence-electron chi connectivity index (χ2n) is 2.21. The van der Waals surface area contributed by atoms with Crippen LogP contribution in [0, 0.1) is 0 Å². The molecular formula is C6H14N2O. The van der Waals surface area contributed by atoms with Crippen LogP contribution < -0.4 is 10.6 Å². The van der Waals surface area contributed by atoms with Crippen molar-refractivity contribution in [3.05, 3.63) is 0 Å². The molecule has 2 N–H and O–H groups in total. The fourth-order valence-electron chi connectivity index (χ4n) is 1.09. The van der Waals surface area contributed by atoms with Gasteiger partial charge in [0.25, 0.3) is 0 Å². The summed E-state index contributed by atoms with van der Waals surface area (Å²) in [6.45, 7) is 3.86. The zero-order valence-corrected chi connectivity index (χ0v) is 6.03. The molecule has 1 aliphatic rings. The van der Waals surface area contributed by atoms with Crippen molar-refractivity contribution in [3.8, 4) is 0 Å². The SMILES string of the molecule is CCC1(NC)NCCO1. The summed E-state index contributed by atoms with van der Waals surface area (Å²) in [5.41, 5.74) is 0. The first-order chi connectivity index (χ1) is 4.33. The third kappa shape index (κ3) is 1.23. The molecule has 0 radical (unpaired) electrons. The summed E-state index contributed by atoms with van der Waals surface area (Å²) < 4.78 is 5.42. The van der Waals surface area contributed by atoms with E-state index in [9.17, 15) is 0 Å². The highest BCUT2D eigenvalue weighted by Gasteiger charge is 2.29. The quantitative estimate of drug-likeness (QED) is 0.547. The van der Waals surface area contributed by atoms with Gasteiger partial charge in [-0.05, 0) is 7.05 Å². The molecule has 0 bridgehead atoms. The maximum atomic E-state index is 5.42. The smallest absolute Gasteiger partial charge is 0.174 e. The van der Waals surface area contributed by atoms with E-state index in [4.69, 9.17) is 4.74 Å². The van der Waals surface area contributed by atoms with Crippen LogP contribution in [-0.4, -0.2) is 26.0 Å². The van der Waals surface area contributed by atoms with Gasteiger partial charge in [-0.2, -0.15) is 0 Å². The Labute approximate surface area is 55.8 Å². The Kier molecular flexibility index (Phi) is 2.05. The van der Waals surface area contributed by atoms with E-state index in [0.29, 0.717) is 0 Å². The van der Waals surface area contributed by atoms with Gasteiger partial charge in [0.1, 0.15) is 0 Å². The first kappa shape index (κ1) is 6.99. The first-order valence-corrected chi connectivity index (χ1v) is 3.41. The molecule has 1 unspecified atom stereocenters. The van der Waals surface area contributed by atoms with Gasteiger partial charge in [0.05, 0.1) is 6.61 Å². The number of ether oxygens (including phenoxy) is 1. The normalized spacial score (nSPS) is 35.3. The molecule has 9 heavy (non-hydrogen) atoms. The Morgan fingerprint density at radius 1 is 1.78 bits per heavy atom. The Hall–Kier alpha value is -0.120. The van der Waals surface area contributed by atoms with Crippen LogP contribution >= 0.6 is 0 Å². The molecule has 0 aromatic carbocycles. The molecule has 0 aromatic heterocycles. The van der Waals surface area contributed by atoms with Gasteiger partial charge in [0.15, 0.2) is 5.85 Å². The van der Waals surface area contributed by atoms with Crippen LogP contribution in [0.4, 0.5) is 0 Å². The van der Waals surface area contributed by atoms with Gasteiger partial charge >= 0.3 is 0 Å².